The van der Waals surface area contributed by atoms with Gasteiger partial charge in [0.25, 0.3) is 0 Å². The average Bonchev–Trinajstić information content (AvgIpc) is 3.12. The van der Waals surface area contributed by atoms with Gasteiger partial charge in [0.2, 0.25) is 0 Å². The number of nitrogen functional groups attached to an aromatic ring is 1. The van der Waals surface area contributed by atoms with Gasteiger partial charge < -0.3 is 25.1 Å². The van der Waals surface area contributed by atoms with Crippen LogP contribution in [0.5, 0.6) is 0 Å². The van der Waals surface area contributed by atoms with Gasteiger partial charge in [0.05, 0.1) is 12.9 Å². The summed E-state index contributed by atoms with van der Waals surface area (Å²) in [5, 5.41) is 9.64. The van der Waals surface area contributed by atoms with E-state index < -0.39 is 23.7 Å². The van der Waals surface area contributed by atoms with E-state index in [1.165, 1.54) is 6.33 Å². The first-order chi connectivity index (χ1) is 10.9. The van der Waals surface area contributed by atoms with Gasteiger partial charge >= 0.3 is 0 Å². The third-order valence-electron chi connectivity index (χ3n) is 4.43. The molecule has 4 atom stereocenters. The molecular weight excluding hydrogens is 302 g/mol. The highest BCUT2D eigenvalue weighted by molar-refractivity contribution is 5.81. The number of hydrogen-bond acceptors (Lipinski definition) is 8. The molecule has 2 saturated heterocycles. The molecule has 4 rings (SSSR count). The normalized spacial score (nSPS) is 35.7. The van der Waals surface area contributed by atoms with E-state index in [0.29, 0.717) is 17.0 Å². The van der Waals surface area contributed by atoms with E-state index in [4.69, 9.17) is 19.9 Å². The van der Waals surface area contributed by atoms with Crippen molar-refractivity contribution in [2.75, 3.05) is 12.3 Å². The van der Waals surface area contributed by atoms with Crippen LogP contribution in [0.15, 0.2) is 12.7 Å². The monoisotopic (exact) mass is 321 g/mol. The molecule has 3 N–H and O–H groups in total. The predicted octanol–water partition coefficient (Wildman–Crippen LogP) is -0.00760. The highest BCUT2D eigenvalue weighted by Crippen LogP contribution is 2.47. The number of hydrogen-bond donors (Lipinski definition) is 2. The van der Waals surface area contributed by atoms with Gasteiger partial charge in [0, 0.05) is 0 Å². The molecule has 0 unspecified atom stereocenters. The lowest BCUT2D eigenvalue weighted by molar-refractivity contribution is -0.228. The van der Waals surface area contributed by atoms with E-state index in [1.807, 2.05) is 20.8 Å². The SMILES string of the molecule is CC1(C)O[C@H]2[C@@H](O1)[C@](C)(n1cnc3c(N)ncnc31)O[C@@H]2CO. The smallest absolute Gasteiger partial charge is 0.174 e. The molecule has 124 valence electrons. The van der Waals surface area contributed by atoms with Crippen molar-refractivity contribution >= 4 is 17.0 Å². The third kappa shape index (κ3) is 1.97. The summed E-state index contributed by atoms with van der Waals surface area (Å²) in [6.45, 7) is 5.38. The Morgan fingerprint density at radius 1 is 1.22 bits per heavy atom. The number of aromatic nitrogens is 4. The van der Waals surface area contributed by atoms with Gasteiger partial charge in [0.15, 0.2) is 23.0 Å². The number of anilines is 1. The number of nitrogens with two attached hydrogens (primary N) is 1. The Morgan fingerprint density at radius 3 is 2.74 bits per heavy atom. The molecule has 0 aliphatic carbocycles. The molecule has 0 aromatic carbocycles. The van der Waals surface area contributed by atoms with Gasteiger partial charge in [-0.05, 0) is 20.8 Å². The molecule has 0 radical (unpaired) electrons. The number of rotatable bonds is 2. The largest absolute Gasteiger partial charge is 0.394 e. The number of aliphatic hydroxyl groups is 1. The third-order valence-corrected chi connectivity index (χ3v) is 4.43. The van der Waals surface area contributed by atoms with Crippen molar-refractivity contribution in [3.05, 3.63) is 12.7 Å². The lowest BCUT2D eigenvalue weighted by atomic mass is 10.0. The molecule has 2 aromatic rings. The quantitative estimate of drug-likeness (QED) is 0.793. The second kappa shape index (κ2) is 4.60. The Hall–Kier alpha value is -1.81. The van der Waals surface area contributed by atoms with Gasteiger partial charge in [-0.3, -0.25) is 4.57 Å². The molecule has 2 aromatic heterocycles. The Kier molecular flexibility index (Phi) is 2.95. The van der Waals surface area contributed by atoms with Gasteiger partial charge in [-0.1, -0.05) is 0 Å². The molecule has 4 heterocycles. The maximum atomic E-state index is 9.64. The molecule has 2 fully saturated rings. The average molecular weight is 321 g/mol. The van der Waals surface area contributed by atoms with E-state index in [0.717, 1.165) is 0 Å². The number of ether oxygens (including phenoxy) is 3. The second-order valence-electron chi connectivity index (χ2n) is 6.46. The molecule has 9 nitrogen and oxygen atoms in total. The lowest BCUT2D eigenvalue weighted by Gasteiger charge is -2.32. The summed E-state index contributed by atoms with van der Waals surface area (Å²) >= 11 is 0. The first-order valence-electron chi connectivity index (χ1n) is 7.44. The molecule has 2 aliphatic rings. The highest BCUT2D eigenvalue weighted by Gasteiger charge is 2.62. The number of fused-ring (bicyclic) bond motifs is 2. The molecule has 0 saturated carbocycles. The lowest BCUT2D eigenvalue weighted by Crippen LogP contribution is -2.43. The summed E-state index contributed by atoms with van der Waals surface area (Å²) in [4.78, 5) is 12.5. The molecule has 0 amide bonds. The molecule has 2 aliphatic heterocycles. The minimum Gasteiger partial charge on any atom is -0.394 e. The van der Waals surface area contributed by atoms with E-state index in [2.05, 4.69) is 15.0 Å². The van der Waals surface area contributed by atoms with Crippen molar-refractivity contribution in [2.45, 2.75) is 50.6 Å². The van der Waals surface area contributed by atoms with Crippen LogP contribution in [0.25, 0.3) is 11.2 Å². The molecular formula is C14H19N5O4. The maximum absolute atomic E-state index is 9.64. The van der Waals surface area contributed by atoms with Crippen LogP contribution < -0.4 is 5.73 Å². The number of aliphatic hydroxyl groups excluding tert-OH is 1. The van der Waals surface area contributed by atoms with Crippen molar-refractivity contribution in [3.8, 4) is 0 Å². The van der Waals surface area contributed by atoms with Gasteiger partial charge in [0.1, 0.15) is 30.2 Å². The Labute approximate surface area is 132 Å². The van der Waals surface area contributed by atoms with Gasteiger partial charge in [-0.25, -0.2) is 15.0 Å². The summed E-state index contributed by atoms with van der Waals surface area (Å²) in [6, 6.07) is 0. The topological polar surface area (TPSA) is 118 Å². The Morgan fingerprint density at radius 2 is 2.00 bits per heavy atom. The van der Waals surface area contributed by atoms with Crippen molar-refractivity contribution < 1.29 is 19.3 Å². The minimum absolute atomic E-state index is 0.167. The minimum atomic E-state index is -0.929. The second-order valence-corrected chi connectivity index (χ2v) is 6.46. The van der Waals surface area contributed by atoms with E-state index in [-0.39, 0.29) is 12.7 Å². The van der Waals surface area contributed by atoms with E-state index in [1.54, 1.807) is 10.9 Å². The summed E-state index contributed by atoms with van der Waals surface area (Å²) in [7, 11) is 0. The molecule has 9 heteroatoms. The maximum Gasteiger partial charge on any atom is 0.174 e. The Bertz CT molecular complexity index is 763. The van der Waals surface area contributed by atoms with Crippen LogP contribution in [0, 0.1) is 0 Å². The van der Waals surface area contributed by atoms with E-state index >= 15 is 0 Å². The fourth-order valence-corrected chi connectivity index (χ4v) is 3.43. The summed E-state index contributed by atoms with van der Waals surface area (Å²) in [6.07, 6.45) is 1.69. The van der Waals surface area contributed by atoms with Crippen LogP contribution in [0.4, 0.5) is 5.82 Å². The van der Waals surface area contributed by atoms with Crippen molar-refractivity contribution in [3.63, 3.8) is 0 Å². The van der Waals surface area contributed by atoms with Crippen LogP contribution in [0.2, 0.25) is 0 Å². The first-order valence-corrected chi connectivity index (χ1v) is 7.44. The zero-order chi connectivity index (χ0) is 16.4. The van der Waals surface area contributed by atoms with Crippen LogP contribution >= 0.6 is 0 Å². The standard InChI is InChI=1S/C14H19N5O4/c1-13(2)22-9-7(4-20)21-14(3,10(9)23-13)19-6-18-8-11(15)16-5-17-12(8)19/h5-7,9-10,20H,4H2,1-3H3,(H2,15,16,17)/t7-,9-,10-,14-/m1/s1. The summed E-state index contributed by atoms with van der Waals surface area (Å²) in [5.41, 5.74) is 5.97. The highest BCUT2D eigenvalue weighted by atomic mass is 16.8. The van der Waals surface area contributed by atoms with Crippen molar-refractivity contribution in [2.24, 2.45) is 0 Å². The molecule has 0 bridgehead atoms. The van der Waals surface area contributed by atoms with Gasteiger partial charge in [-0.2, -0.15) is 0 Å². The fourth-order valence-electron chi connectivity index (χ4n) is 3.43. The zero-order valence-corrected chi connectivity index (χ0v) is 13.1. The van der Waals surface area contributed by atoms with Gasteiger partial charge in [-0.15, -0.1) is 0 Å². The van der Waals surface area contributed by atoms with Crippen LogP contribution in [-0.4, -0.2) is 55.3 Å². The Balaban J connectivity index is 1.84. The van der Waals surface area contributed by atoms with Crippen LogP contribution in [0.1, 0.15) is 20.8 Å². The summed E-state index contributed by atoms with van der Waals surface area (Å²) < 4.78 is 19.8. The number of nitrogens with zero attached hydrogens (tertiary/aromatic N) is 4. The predicted molar refractivity (Wildman–Crippen MR) is 79.2 cm³/mol. The molecule has 0 spiro atoms. The first kappa shape index (κ1) is 14.8. The van der Waals surface area contributed by atoms with Crippen molar-refractivity contribution in [1.82, 2.24) is 19.5 Å². The van der Waals surface area contributed by atoms with E-state index in [9.17, 15) is 5.11 Å². The zero-order valence-electron chi connectivity index (χ0n) is 13.1. The number of imidazole rings is 1. The summed E-state index contributed by atoms with van der Waals surface area (Å²) in [5.74, 6) is -0.451. The van der Waals surface area contributed by atoms with Crippen molar-refractivity contribution in [1.29, 1.82) is 0 Å². The van der Waals surface area contributed by atoms with Crippen LogP contribution in [-0.2, 0) is 19.9 Å². The van der Waals surface area contributed by atoms with Crippen LogP contribution in [0.3, 0.4) is 0 Å². The molecule has 23 heavy (non-hydrogen) atoms. The fraction of sp³-hybridized carbons (Fsp3) is 0.643.